The van der Waals surface area contributed by atoms with Crippen LogP contribution < -0.4 is 9.73 Å². The number of carbonyl (C=O) groups excluding carboxylic acids is 1. The lowest BCUT2D eigenvalue weighted by atomic mass is 10.2. The Hall–Kier alpha value is -2.19. The quantitative estimate of drug-likeness (QED) is 0.492. The van der Waals surface area contributed by atoms with Crippen LogP contribution in [-0.4, -0.2) is 26.6 Å². The molecule has 1 aliphatic carbocycles. The summed E-state index contributed by atoms with van der Waals surface area (Å²) < 4.78 is 28.3. The van der Waals surface area contributed by atoms with Gasteiger partial charge in [-0.1, -0.05) is 47.0 Å². The molecule has 2 aromatic carbocycles. The highest BCUT2D eigenvalue weighted by Gasteiger charge is 2.27. The number of amides is 1. The van der Waals surface area contributed by atoms with Crippen LogP contribution in [0.3, 0.4) is 0 Å². The second-order valence-corrected chi connectivity index (χ2v) is 9.71. The monoisotopic (exact) mass is 477 g/mol. The van der Waals surface area contributed by atoms with Crippen molar-refractivity contribution in [2.75, 3.05) is 10.8 Å². The molecule has 0 radical (unpaired) electrons. The number of nitrogens with one attached hydrogen (secondary N) is 1. The summed E-state index contributed by atoms with van der Waals surface area (Å²) in [7, 11) is -3.90. The van der Waals surface area contributed by atoms with E-state index in [0.717, 1.165) is 40.2 Å². The Balaban J connectivity index is 1.82. The molecule has 0 aliphatic heterocycles. The fraction of sp³-hybridized carbons (Fsp3) is 0.333. The Bertz CT molecular complexity index is 950. The summed E-state index contributed by atoms with van der Waals surface area (Å²) in [6.07, 6.45) is 6.25. The molecule has 3 rings (SSSR count). The fourth-order valence-corrected chi connectivity index (χ4v) is 4.90. The summed E-state index contributed by atoms with van der Waals surface area (Å²) in [6, 6.07) is 14.9. The third-order valence-electron chi connectivity index (χ3n) is 4.75. The van der Waals surface area contributed by atoms with Crippen LogP contribution in [0.1, 0.15) is 38.5 Å². The van der Waals surface area contributed by atoms with Crippen LogP contribution in [0.5, 0.6) is 0 Å². The Labute approximate surface area is 180 Å². The normalized spacial score (nSPS) is 14.7. The average Bonchev–Trinajstić information content (AvgIpc) is 3.01. The van der Waals surface area contributed by atoms with Gasteiger partial charge in [-0.2, -0.15) is 5.10 Å². The van der Waals surface area contributed by atoms with Crippen LogP contribution >= 0.6 is 15.9 Å². The minimum atomic E-state index is -3.90. The summed E-state index contributed by atoms with van der Waals surface area (Å²) in [5.41, 5.74) is 3.93. The molecular formula is C21H24BrN3O3S. The lowest BCUT2D eigenvalue weighted by Gasteiger charge is -2.23. The van der Waals surface area contributed by atoms with Crippen molar-refractivity contribution in [1.29, 1.82) is 0 Å². The first-order valence-corrected chi connectivity index (χ1v) is 11.9. The zero-order valence-corrected chi connectivity index (χ0v) is 18.5. The number of anilines is 1. The molecule has 0 bridgehead atoms. The maximum Gasteiger partial charge on any atom is 0.264 e. The predicted molar refractivity (Wildman–Crippen MR) is 118 cm³/mol. The van der Waals surface area contributed by atoms with E-state index in [1.165, 1.54) is 25.0 Å². The van der Waals surface area contributed by atoms with Gasteiger partial charge in [-0.05, 0) is 62.1 Å². The smallest absolute Gasteiger partial charge is 0.264 e. The van der Waals surface area contributed by atoms with Crippen molar-refractivity contribution in [3.8, 4) is 0 Å². The number of benzene rings is 2. The van der Waals surface area contributed by atoms with E-state index < -0.39 is 15.9 Å². The number of hydrazone groups is 1. The van der Waals surface area contributed by atoms with Crippen LogP contribution in [-0.2, 0) is 14.8 Å². The molecule has 0 unspecified atom stereocenters. The SMILES string of the molecule is O=C(CN(c1ccc(Br)cc1)S(=O)(=O)c1ccccc1)NN=C1CCCCCC1. The highest BCUT2D eigenvalue weighted by atomic mass is 79.9. The van der Waals surface area contributed by atoms with Gasteiger partial charge in [0.05, 0.1) is 10.6 Å². The van der Waals surface area contributed by atoms with Crippen LogP contribution in [0, 0.1) is 0 Å². The molecule has 1 saturated carbocycles. The number of halogens is 1. The van der Waals surface area contributed by atoms with E-state index in [9.17, 15) is 13.2 Å². The van der Waals surface area contributed by atoms with Crippen molar-refractivity contribution in [3.63, 3.8) is 0 Å². The molecule has 0 saturated heterocycles. The van der Waals surface area contributed by atoms with Crippen LogP contribution in [0.25, 0.3) is 0 Å². The molecule has 29 heavy (non-hydrogen) atoms. The average molecular weight is 478 g/mol. The van der Waals surface area contributed by atoms with Gasteiger partial charge in [0.15, 0.2) is 0 Å². The molecule has 0 atom stereocenters. The Kier molecular flexibility index (Phi) is 7.44. The first-order valence-electron chi connectivity index (χ1n) is 9.64. The maximum absolute atomic E-state index is 13.2. The van der Waals surface area contributed by atoms with Crippen molar-refractivity contribution in [2.45, 2.75) is 43.4 Å². The van der Waals surface area contributed by atoms with Gasteiger partial charge in [0, 0.05) is 10.2 Å². The van der Waals surface area contributed by atoms with Crippen molar-refractivity contribution < 1.29 is 13.2 Å². The largest absolute Gasteiger partial charge is 0.271 e. The highest BCUT2D eigenvalue weighted by Crippen LogP contribution is 2.25. The topological polar surface area (TPSA) is 78.8 Å². The molecule has 0 heterocycles. The Morgan fingerprint density at radius 1 is 0.966 bits per heavy atom. The van der Waals surface area contributed by atoms with Crippen molar-refractivity contribution in [1.82, 2.24) is 5.43 Å². The highest BCUT2D eigenvalue weighted by molar-refractivity contribution is 9.10. The van der Waals surface area contributed by atoms with Gasteiger partial charge in [0.2, 0.25) is 0 Å². The summed E-state index contributed by atoms with van der Waals surface area (Å²) in [5, 5.41) is 4.25. The zero-order chi connectivity index (χ0) is 20.7. The molecule has 1 N–H and O–H groups in total. The summed E-state index contributed by atoms with van der Waals surface area (Å²) >= 11 is 3.35. The standard InChI is InChI=1S/C21H24BrN3O3S/c22-17-12-14-19(15-13-17)25(29(27,28)20-10-6-3-7-11-20)16-21(26)24-23-18-8-4-1-2-5-9-18/h3,6-7,10-15H,1-2,4-5,8-9,16H2,(H,24,26). The Morgan fingerprint density at radius 3 is 2.21 bits per heavy atom. The second kappa shape index (κ2) is 10.0. The number of nitrogens with zero attached hydrogens (tertiary/aromatic N) is 2. The van der Waals surface area contributed by atoms with Crippen molar-refractivity contribution >= 4 is 43.3 Å². The molecule has 8 heteroatoms. The molecule has 1 amide bonds. The maximum atomic E-state index is 13.2. The predicted octanol–water partition coefficient (Wildman–Crippen LogP) is 4.47. The van der Waals surface area contributed by atoms with Gasteiger partial charge in [-0.15, -0.1) is 0 Å². The summed E-state index contributed by atoms with van der Waals surface area (Å²) in [6.45, 7) is -0.352. The van der Waals surface area contributed by atoms with E-state index in [0.29, 0.717) is 5.69 Å². The van der Waals surface area contributed by atoms with Crippen molar-refractivity contribution in [3.05, 3.63) is 59.1 Å². The van der Waals surface area contributed by atoms with Crippen molar-refractivity contribution in [2.24, 2.45) is 5.10 Å². The molecule has 1 fully saturated rings. The van der Waals surface area contributed by atoms with E-state index in [-0.39, 0.29) is 11.4 Å². The molecule has 1 aliphatic rings. The first-order chi connectivity index (χ1) is 14.0. The van der Waals surface area contributed by atoms with Crippen LogP contribution in [0.2, 0.25) is 0 Å². The fourth-order valence-electron chi connectivity index (χ4n) is 3.20. The van der Waals surface area contributed by atoms with Crippen LogP contribution in [0.4, 0.5) is 5.69 Å². The number of hydrogen-bond donors (Lipinski definition) is 1. The van der Waals surface area contributed by atoms with Gasteiger partial charge < -0.3 is 0 Å². The van der Waals surface area contributed by atoms with E-state index >= 15 is 0 Å². The third kappa shape index (κ3) is 5.90. The van der Waals surface area contributed by atoms with Gasteiger partial charge >= 0.3 is 0 Å². The van der Waals surface area contributed by atoms with Gasteiger partial charge in [0.25, 0.3) is 15.9 Å². The second-order valence-electron chi connectivity index (χ2n) is 6.93. The number of rotatable bonds is 6. The summed E-state index contributed by atoms with van der Waals surface area (Å²) in [5.74, 6) is -0.468. The molecule has 2 aromatic rings. The van der Waals surface area contributed by atoms with Gasteiger partial charge in [-0.25, -0.2) is 13.8 Å². The van der Waals surface area contributed by atoms with Gasteiger partial charge in [0.1, 0.15) is 6.54 Å². The number of carbonyl (C=O) groups is 1. The van der Waals surface area contributed by atoms with E-state index in [4.69, 9.17) is 0 Å². The number of hydrogen-bond acceptors (Lipinski definition) is 4. The molecule has 6 nitrogen and oxygen atoms in total. The summed E-state index contributed by atoms with van der Waals surface area (Å²) in [4.78, 5) is 12.7. The molecule has 0 spiro atoms. The van der Waals surface area contributed by atoms with E-state index in [2.05, 4.69) is 26.5 Å². The van der Waals surface area contributed by atoms with Crippen LogP contribution in [0.15, 0.2) is 69.1 Å². The minimum absolute atomic E-state index is 0.130. The Morgan fingerprint density at radius 2 is 1.59 bits per heavy atom. The van der Waals surface area contributed by atoms with E-state index in [1.807, 2.05) is 0 Å². The molecular weight excluding hydrogens is 454 g/mol. The molecule has 0 aromatic heterocycles. The van der Waals surface area contributed by atoms with E-state index in [1.54, 1.807) is 42.5 Å². The lowest BCUT2D eigenvalue weighted by molar-refractivity contribution is -0.119. The third-order valence-corrected chi connectivity index (χ3v) is 7.07. The first kappa shape index (κ1) is 21.5. The molecule has 154 valence electrons. The zero-order valence-electron chi connectivity index (χ0n) is 16.1. The number of sulfonamides is 1. The van der Waals surface area contributed by atoms with Gasteiger partial charge in [-0.3, -0.25) is 9.10 Å². The minimum Gasteiger partial charge on any atom is -0.271 e. The lowest BCUT2D eigenvalue weighted by Crippen LogP contribution is -2.39.